The first-order valence-electron chi connectivity index (χ1n) is 11.0. The maximum absolute atomic E-state index is 12.7. The molecule has 2 amide bonds. The summed E-state index contributed by atoms with van der Waals surface area (Å²) in [6, 6.07) is 14.2. The van der Waals surface area contributed by atoms with Crippen molar-refractivity contribution in [3.05, 3.63) is 77.9 Å². The van der Waals surface area contributed by atoms with Gasteiger partial charge in [-0.3, -0.25) is 0 Å². The zero-order chi connectivity index (χ0) is 23.1. The summed E-state index contributed by atoms with van der Waals surface area (Å²) in [6.45, 7) is 2.41. The molecule has 4 rings (SSSR count). The van der Waals surface area contributed by atoms with Gasteiger partial charge >= 0.3 is 6.03 Å². The number of nitrogens with one attached hydrogen (secondary N) is 2. The van der Waals surface area contributed by atoms with E-state index in [1.165, 1.54) is 6.33 Å². The monoisotopic (exact) mass is 468 g/mol. The Morgan fingerprint density at radius 2 is 1.61 bits per heavy atom. The molecular weight excluding hydrogens is 440 g/mol. The molecule has 0 radical (unpaired) electrons. The van der Waals surface area contributed by atoms with E-state index in [1.807, 2.05) is 24.3 Å². The summed E-state index contributed by atoms with van der Waals surface area (Å²) < 4.78 is 28.8. The Morgan fingerprint density at radius 1 is 0.909 bits per heavy atom. The summed E-state index contributed by atoms with van der Waals surface area (Å²) in [6.07, 6.45) is 6.03. The number of benzene rings is 2. The molecule has 0 bridgehead atoms. The van der Waals surface area contributed by atoms with E-state index in [9.17, 15) is 13.2 Å². The Morgan fingerprint density at radius 3 is 2.30 bits per heavy atom. The second-order valence-corrected chi connectivity index (χ2v) is 9.94. The molecule has 0 atom stereocenters. The Labute approximate surface area is 193 Å². The van der Waals surface area contributed by atoms with Crippen LogP contribution in [0.25, 0.3) is 0 Å². The molecule has 0 spiro atoms. The van der Waals surface area contributed by atoms with Crippen LogP contribution in [-0.2, 0) is 29.7 Å². The number of hydrogen-bond donors (Lipinski definition) is 2. The summed E-state index contributed by atoms with van der Waals surface area (Å²) in [7, 11) is -3.45. The van der Waals surface area contributed by atoms with Gasteiger partial charge in [-0.15, -0.1) is 0 Å². The van der Waals surface area contributed by atoms with Crippen LogP contribution in [0.3, 0.4) is 0 Å². The van der Waals surface area contributed by atoms with Gasteiger partial charge in [0, 0.05) is 26.2 Å². The van der Waals surface area contributed by atoms with Gasteiger partial charge in [0.1, 0.15) is 12.7 Å². The number of carbonyl (C=O) groups is 1. The van der Waals surface area contributed by atoms with E-state index in [0.29, 0.717) is 37.6 Å². The normalized spacial score (nSPS) is 14.7. The van der Waals surface area contributed by atoms with Gasteiger partial charge in [0.2, 0.25) is 10.0 Å². The standard InChI is InChI=1S/C23H28N6O3S/c30-23(26-15-20-6-2-3-7-21(20)16-28-18-24-17-27-28)25-14-19-8-10-22(11-9-19)33(31,32)29-12-4-1-5-13-29/h2-3,6-11,17-18H,1,4-5,12-16H2,(H2,25,26,30). The van der Waals surface area contributed by atoms with Crippen molar-refractivity contribution in [2.75, 3.05) is 13.1 Å². The van der Waals surface area contributed by atoms with Gasteiger partial charge in [0.15, 0.2) is 0 Å². The minimum Gasteiger partial charge on any atom is -0.334 e. The first-order chi connectivity index (χ1) is 16.0. The quantitative estimate of drug-likeness (QED) is 0.528. The number of urea groups is 1. The van der Waals surface area contributed by atoms with Crippen molar-refractivity contribution in [2.45, 2.75) is 43.8 Å². The van der Waals surface area contributed by atoms with Crippen molar-refractivity contribution in [1.29, 1.82) is 0 Å². The van der Waals surface area contributed by atoms with Crippen LogP contribution in [0.5, 0.6) is 0 Å². The van der Waals surface area contributed by atoms with E-state index in [-0.39, 0.29) is 6.03 Å². The molecule has 0 saturated carbocycles. The highest BCUT2D eigenvalue weighted by Crippen LogP contribution is 2.20. The topological polar surface area (TPSA) is 109 Å². The predicted molar refractivity (Wildman–Crippen MR) is 124 cm³/mol. The second-order valence-electron chi connectivity index (χ2n) is 8.01. The zero-order valence-corrected chi connectivity index (χ0v) is 19.2. The maximum Gasteiger partial charge on any atom is 0.315 e. The Balaban J connectivity index is 1.28. The van der Waals surface area contributed by atoms with Crippen LogP contribution in [0, 0.1) is 0 Å². The lowest BCUT2D eigenvalue weighted by Gasteiger charge is -2.25. The molecule has 1 aliphatic rings. The van der Waals surface area contributed by atoms with E-state index in [4.69, 9.17) is 0 Å². The van der Waals surface area contributed by atoms with Crippen molar-refractivity contribution in [3.8, 4) is 0 Å². The number of nitrogens with zero attached hydrogens (tertiary/aromatic N) is 4. The van der Waals surface area contributed by atoms with E-state index < -0.39 is 10.0 Å². The number of aromatic nitrogens is 3. The van der Waals surface area contributed by atoms with Gasteiger partial charge in [0.05, 0.1) is 11.4 Å². The molecular formula is C23H28N6O3S. The third-order valence-electron chi connectivity index (χ3n) is 5.69. The third kappa shape index (κ3) is 5.96. The third-order valence-corrected chi connectivity index (χ3v) is 7.60. The fourth-order valence-electron chi connectivity index (χ4n) is 3.83. The highest BCUT2D eigenvalue weighted by atomic mass is 32.2. The molecule has 2 aromatic carbocycles. The fourth-order valence-corrected chi connectivity index (χ4v) is 5.34. The predicted octanol–water partition coefficient (Wildman–Crippen LogP) is 2.50. The zero-order valence-electron chi connectivity index (χ0n) is 18.4. The molecule has 1 aliphatic heterocycles. The van der Waals surface area contributed by atoms with Crippen LogP contribution in [0.1, 0.15) is 36.0 Å². The largest absolute Gasteiger partial charge is 0.334 e. The van der Waals surface area contributed by atoms with Crippen molar-refractivity contribution in [1.82, 2.24) is 29.7 Å². The van der Waals surface area contributed by atoms with Gasteiger partial charge in [-0.2, -0.15) is 9.40 Å². The van der Waals surface area contributed by atoms with Crippen molar-refractivity contribution >= 4 is 16.1 Å². The average molecular weight is 469 g/mol. The highest BCUT2D eigenvalue weighted by molar-refractivity contribution is 7.89. The van der Waals surface area contributed by atoms with E-state index in [2.05, 4.69) is 20.7 Å². The molecule has 1 aromatic heterocycles. The summed E-state index contributed by atoms with van der Waals surface area (Å²) in [5.41, 5.74) is 2.87. The number of piperidine rings is 1. The SMILES string of the molecule is O=C(NCc1ccc(S(=O)(=O)N2CCCCC2)cc1)NCc1ccccc1Cn1cncn1. The highest BCUT2D eigenvalue weighted by Gasteiger charge is 2.25. The van der Waals surface area contributed by atoms with Crippen LogP contribution in [0.15, 0.2) is 66.1 Å². The number of rotatable bonds is 8. The lowest BCUT2D eigenvalue weighted by Crippen LogP contribution is -2.35. The first kappa shape index (κ1) is 22.9. The number of hydrogen-bond acceptors (Lipinski definition) is 5. The lowest BCUT2D eigenvalue weighted by atomic mass is 10.1. The number of amides is 2. The van der Waals surface area contributed by atoms with Gasteiger partial charge in [0.25, 0.3) is 0 Å². The molecule has 10 heteroatoms. The number of sulfonamides is 1. The van der Waals surface area contributed by atoms with Crippen LogP contribution in [0.2, 0.25) is 0 Å². The van der Waals surface area contributed by atoms with Gasteiger partial charge < -0.3 is 10.6 Å². The summed E-state index contributed by atoms with van der Waals surface area (Å²) in [5, 5.41) is 9.81. The summed E-state index contributed by atoms with van der Waals surface area (Å²) in [5.74, 6) is 0. The Bertz CT molecular complexity index is 1160. The second kappa shape index (κ2) is 10.6. The molecule has 1 saturated heterocycles. The minimum absolute atomic E-state index is 0.293. The fraction of sp³-hybridized carbons (Fsp3) is 0.348. The van der Waals surface area contributed by atoms with Gasteiger partial charge in [-0.05, 0) is 41.7 Å². The molecule has 0 aliphatic carbocycles. The van der Waals surface area contributed by atoms with Crippen LogP contribution in [-0.4, -0.2) is 46.6 Å². The molecule has 1 fully saturated rings. The van der Waals surface area contributed by atoms with Crippen molar-refractivity contribution in [2.24, 2.45) is 0 Å². The van der Waals surface area contributed by atoms with Gasteiger partial charge in [-0.1, -0.05) is 42.8 Å². The lowest BCUT2D eigenvalue weighted by molar-refractivity contribution is 0.240. The average Bonchev–Trinajstić information content (AvgIpc) is 3.36. The van der Waals surface area contributed by atoms with Crippen LogP contribution >= 0.6 is 0 Å². The van der Waals surface area contributed by atoms with Crippen LogP contribution in [0.4, 0.5) is 4.79 Å². The Hall–Kier alpha value is -3.24. The molecule has 2 heterocycles. The van der Waals surface area contributed by atoms with Gasteiger partial charge in [-0.25, -0.2) is 22.9 Å². The number of carbonyl (C=O) groups excluding carboxylic acids is 1. The van der Waals surface area contributed by atoms with E-state index >= 15 is 0 Å². The van der Waals surface area contributed by atoms with Crippen molar-refractivity contribution in [3.63, 3.8) is 0 Å². The molecule has 3 aromatic rings. The minimum atomic E-state index is -3.45. The molecule has 9 nitrogen and oxygen atoms in total. The Kier molecular flexibility index (Phi) is 7.36. The maximum atomic E-state index is 12.7. The van der Waals surface area contributed by atoms with E-state index in [1.54, 1.807) is 39.6 Å². The van der Waals surface area contributed by atoms with Crippen molar-refractivity contribution < 1.29 is 13.2 Å². The molecule has 0 unspecified atom stereocenters. The molecule has 2 N–H and O–H groups in total. The molecule has 174 valence electrons. The summed E-state index contributed by atoms with van der Waals surface area (Å²) in [4.78, 5) is 16.5. The smallest absolute Gasteiger partial charge is 0.315 e. The van der Waals surface area contributed by atoms with Crippen LogP contribution < -0.4 is 10.6 Å². The molecule has 33 heavy (non-hydrogen) atoms. The first-order valence-corrected chi connectivity index (χ1v) is 12.5. The van der Waals surface area contributed by atoms with E-state index in [0.717, 1.165) is 36.0 Å². The summed E-state index contributed by atoms with van der Waals surface area (Å²) >= 11 is 0.